The van der Waals surface area contributed by atoms with Gasteiger partial charge in [-0.2, -0.15) is 0 Å². The summed E-state index contributed by atoms with van der Waals surface area (Å²) in [6.07, 6.45) is 3.25. The van der Waals surface area contributed by atoms with Gasteiger partial charge in [-0.3, -0.25) is 9.36 Å². The molecule has 0 saturated carbocycles. The Balaban J connectivity index is 1.69. The number of rotatable bonds is 5. The first-order chi connectivity index (χ1) is 13.2. The van der Waals surface area contributed by atoms with E-state index in [-0.39, 0.29) is 11.9 Å². The Bertz CT molecular complexity index is 766. The monoisotopic (exact) mass is 370 g/mol. The molecule has 1 fully saturated rings. The second kappa shape index (κ2) is 9.16. The fourth-order valence-electron chi connectivity index (χ4n) is 3.24. The van der Waals surface area contributed by atoms with Crippen molar-refractivity contribution in [1.82, 2.24) is 25.0 Å². The topological polar surface area (TPSA) is 84.6 Å². The zero-order valence-electron chi connectivity index (χ0n) is 15.8. The fourth-order valence-corrected chi connectivity index (χ4v) is 3.24. The number of carbonyl (C=O) groups excluding carboxylic acids is 1. The quantitative estimate of drug-likeness (QED) is 0.489. The van der Waals surface area contributed by atoms with Crippen LogP contribution in [-0.4, -0.2) is 58.3 Å². The standard InChI is InChI=1S/C19H26N6O2/c1-3-20-19(24-11-9-15(10-12-24)18(26)27-2)21-13-17-23-22-14-25(17)16-7-5-4-6-8-16/h4-8,14-15H,3,9-13H2,1-2H3,(H,20,21). The smallest absolute Gasteiger partial charge is 0.308 e. The van der Waals surface area contributed by atoms with E-state index in [0.717, 1.165) is 49.9 Å². The number of likely N-dealkylation sites (tertiary alicyclic amines) is 1. The number of hydrogen-bond acceptors (Lipinski definition) is 5. The molecule has 0 aliphatic carbocycles. The molecule has 0 bridgehead atoms. The average Bonchev–Trinajstić information content (AvgIpc) is 3.20. The van der Waals surface area contributed by atoms with Crippen molar-refractivity contribution in [2.75, 3.05) is 26.7 Å². The van der Waals surface area contributed by atoms with Crippen LogP contribution in [0.25, 0.3) is 5.69 Å². The summed E-state index contributed by atoms with van der Waals surface area (Å²) in [6, 6.07) is 9.97. The van der Waals surface area contributed by atoms with Gasteiger partial charge in [0.2, 0.25) is 0 Å². The number of guanidine groups is 1. The number of piperidine rings is 1. The highest BCUT2D eigenvalue weighted by Gasteiger charge is 2.27. The minimum Gasteiger partial charge on any atom is -0.469 e. The van der Waals surface area contributed by atoms with E-state index >= 15 is 0 Å². The van der Waals surface area contributed by atoms with Crippen LogP contribution in [0.15, 0.2) is 41.7 Å². The van der Waals surface area contributed by atoms with Crippen LogP contribution in [0.2, 0.25) is 0 Å². The van der Waals surface area contributed by atoms with Crippen LogP contribution in [0.4, 0.5) is 0 Å². The minimum absolute atomic E-state index is 0.0182. The second-order valence-corrected chi connectivity index (χ2v) is 6.41. The van der Waals surface area contributed by atoms with E-state index in [2.05, 4.69) is 20.4 Å². The van der Waals surface area contributed by atoms with Gasteiger partial charge in [-0.15, -0.1) is 10.2 Å². The van der Waals surface area contributed by atoms with Gasteiger partial charge in [0.25, 0.3) is 0 Å². The Kier molecular flexibility index (Phi) is 6.40. The molecule has 8 nitrogen and oxygen atoms in total. The van der Waals surface area contributed by atoms with Crippen molar-refractivity contribution >= 4 is 11.9 Å². The van der Waals surface area contributed by atoms with Gasteiger partial charge in [0.1, 0.15) is 12.9 Å². The molecule has 1 N–H and O–H groups in total. The maximum atomic E-state index is 11.7. The molecule has 0 spiro atoms. The molecule has 0 atom stereocenters. The first kappa shape index (κ1) is 18.9. The lowest BCUT2D eigenvalue weighted by Gasteiger charge is -2.33. The molecular formula is C19H26N6O2. The van der Waals surface area contributed by atoms with Crippen molar-refractivity contribution < 1.29 is 9.53 Å². The average molecular weight is 370 g/mol. The molecule has 3 rings (SSSR count). The molecule has 144 valence electrons. The number of para-hydroxylation sites is 1. The Hall–Kier alpha value is -2.90. The number of carbonyl (C=O) groups is 1. The van der Waals surface area contributed by atoms with Crippen LogP contribution >= 0.6 is 0 Å². The molecule has 1 aromatic heterocycles. The van der Waals surface area contributed by atoms with Gasteiger partial charge in [-0.25, -0.2) is 4.99 Å². The first-order valence-corrected chi connectivity index (χ1v) is 9.28. The van der Waals surface area contributed by atoms with Crippen molar-refractivity contribution in [3.63, 3.8) is 0 Å². The predicted octanol–water partition coefficient (Wildman–Crippen LogP) is 1.62. The third kappa shape index (κ3) is 4.64. The summed E-state index contributed by atoms with van der Waals surface area (Å²) in [6.45, 7) is 4.80. The molecule has 8 heteroatoms. The summed E-state index contributed by atoms with van der Waals surface area (Å²) >= 11 is 0. The normalized spacial score (nSPS) is 15.6. The molecule has 27 heavy (non-hydrogen) atoms. The molecule has 2 heterocycles. The highest BCUT2D eigenvalue weighted by Crippen LogP contribution is 2.18. The first-order valence-electron chi connectivity index (χ1n) is 9.28. The number of esters is 1. The van der Waals surface area contributed by atoms with Gasteiger partial charge in [0.15, 0.2) is 11.8 Å². The molecule has 0 radical (unpaired) electrons. The van der Waals surface area contributed by atoms with Gasteiger partial charge in [-0.1, -0.05) is 18.2 Å². The van der Waals surface area contributed by atoms with Gasteiger partial charge < -0.3 is 15.0 Å². The van der Waals surface area contributed by atoms with Gasteiger partial charge in [-0.05, 0) is 31.9 Å². The molecule has 1 saturated heterocycles. The van der Waals surface area contributed by atoms with Gasteiger partial charge in [0.05, 0.1) is 13.0 Å². The molecule has 1 aromatic carbocycles. The number of ether oxygens (including phenoxy) is 1. The van der Waals surface area contributed by atoms with Crippen molar-refractivity contribution in [2.24, 2.45) is 10.9 Å². The highest BCUT2D eigenvalue weighted by molar-refractivity contribution is 5.80. The molecule has 1 aliphatic heterocycles. The largest absolute Gasteiger partial charge is 0.469 e. The lowest BCUT2D eigenvalue weighted by molar-refractivity contribution is -0.146. The van der Waals surface area contributed by atoms with Crippen molar-refractivity contribution in [1.29, 1.82) is 0 Å². The summed E-state index contributed by atoms with van der Waals surface area (Å²) in [4.78, 5) is 18.7. The minimum atomic E-state index is -0.118. The third-order valence-electron chi connectivity index (χ3n) is 4.69. The lowest BCUT2D eigenvalue weighted by atomic mass is 9.97. The number of hydrogen-bond donors (Lipinski definition) is 1. The molecular weight excluding hydrogens is 344 g/mol. The number of aromatic nitrogens is 3. The Morgan fingerprint density at radius 2 is 2.04 bits per heavy atom. The van der Waals surface area contributed by atoms with E-state index in [1.165, 1.54) is 7.11 Å². The van der Waals surface area contributed by atoms with Crippen molar-refractivity contribution in [3.05, 3.63) is 42.5 Å². The van der Waals surface area contributed by atoms with E-state index in [1.807, 2.05) is 41.8 Å². The summed E-state index contributed by atoms with van der Waals surface area (Å²) in [5.74, 6) is 1.48. The Labute approximate surface area is 159 Å². The zero-order chi connectivity index (χ0) is 19.1. The lowest BCUT2D eigenvalue weighted by Crippen LogP contribution is -2.46. The number of nitrogens with zero attached hydrogens (tertiary/aromatic N) is 5. The van der Waals surface area contributed by atoms with Crippen LogP contribution < -0.4 is 5.32 Å². The van der Waals surface area contributed by atoms with E-state index in [9.17, 15) is 4.79 Å². The van der Waals surface area contributed by atoms with Crippen molar-refractivity contribution in [3.8, 4) is 5.69 Å². The fraction of sp³-hybridized carbons (Fsp3) is 0.474. The molecule has 2 aromatic rings. The summed E-state index contributed by atoms with van der Waals surface area (Å²) in [5.41, 5.74) is 1.01. The molecule has 1 aliphatic rings. The molecule has 0 unspecified atom stereocenters. The third-order valence-corrected chi connectivity index (χ3v) is 4.69. The predicted molar refractivity (Wildman–Crippen MR) is 102 cm³/mol. The van der Waals surface area contributed by atoms with E-state index < -0.39 is 0 Å². The number of methoxy groups -OCH3 is 1. The summed E-state index contributed by atoms with van der Waals surface area (Å²) < 4.78 is 6.80. The van der Waals surface area contributed by atoms with Gasteiger partial charge in [0, 0.05) is 25.3 Å². The highest BCUT2D eigenvalue weighted by atomic mass is 16.5. The van der Waals surface area contributed by atoms with Crippen LogP contribution in [-0.2, 0) is 16.1 Å². The maximum Gasteiger partial charge on any atom is 0.308 e. The number of aliphatic imine (C=N–C) groups is 1. The van der Waals surface area contributed by atoms with Crippen LogP contribution in [0.1, 0.15) is 25.6 Å². The molecule has 0 amide bonds. The van der Waals surface area contributed by atoms with E-state index in [0.29, 0.717) is 6.54 Å². The van der Waals surface area contributed by atoms with Crippen LogP contribution in [0, 0.1) is 5.92 Å². The summed E-state index contributed by atoms with van der Waals surface area (Å²) in [5, 5.41) is 11.6. The van der Waals surface area contributed by atoms with E-state index in [4.69, 9.17) is 9.73 Å². The zero-order valence-corrected chi connectivity index (χ0v) is 15.8. The van der Waals surface area contributed by atoms with Gasteiger partial charge >= 0.3 is 5.97 Å². The number of benzene rings is 1. The van der Waals surface area contributed by atoms with Crippen molar-refractivity contribution in [2.45, 2.75) is 26.3 Å². The Morgan fingerprint density at radius 1 is 1.30 bits per heavy atom. The maximum absolute atomic E-state index is 11.7. The number of nitrogens with one attached hydrogen (secondary N) is 1. The summed E-state index contributed by atoms with van der Waals surface area (Å²) in [7, 11) is 1.45. The van der Waals surface area contributed by atoms with Crippen LogP contribution in [0.5, 0.6) is 0 Å². The van der Waals surface area contributed by atoms with Crippen LogP contribution in [0.3, 0.4) is 0 Å². The van der Waals surface area contributed by atoms with E-state index in [1.54, 1.807) is 6.33 Å². The second-order valence-electron chi connectivity index (χ2n) is 6.41. The Morgan fingerprint density at radius 3 is 2.70 bits per heavy atom. The SMILES string of the molecule is CCNC(=NCc1nncn1-c1ccccc1)N1CCC(C(=O)OC)CC1.